The summed E-state index contributed by atoms with van der Waals surface area (Å²) < 4.78 is 1.93. The van der Waals surface area contributed by atoms with E-state index >= 15 is 0 Å². The third kappa shape index (κ3) is 4.22. The zero-order valence-electron chi connectivity index (χ0n) is 21.1. The van der Waals surface area contributed by atoms with Gasteiger partial charge in [-0.2, -0.15) is 5.10 Å². The Morgan fingerprint density at radius 2 is 1.87 bits per heavy atom. The van der Waals surface area contributed by atoms with Crippen LogP contribution >= 0.6 is 0 Å². The fraction of sp³-hybridized carbons (Fsp3) is 0.286. The number of nitrogens with zero attached hydrogens (tertiary/aromatic N) is 7. The van der Waals surface area contributed by atoms with E-state index in [9.17, 15) is 0 Å². The summed E-state index contributed by atoms with van der Waals surface area (Å²) in [4.78, 5) is 26.2. The summed E-state index contributed by atoms with van der Waals surface area (Å²) in [6, 6.07) is 4.28. The lowest BCUT2D eigenvalue weighted by Gasteiger charge is -2.11. The number of H-pyrrole nitrogens is 2. The minimum atomic E-state index is 0.652. The first-order valence-corrected chi connectivity index (χ1v) is 13.1. The van der Waals surface area contributed by atoms with Crippen molar-refractivity contribution >= 4 is 22.1 Å². The Labute approximate surface area is 219 Å². The molecule has 190 valence electrons. The smallest absolute Gasteiger partial charge is 0.159 e. The van der Waals surface area contributed by atoms with Gasteiger partial charge in [-0.1, -0.05) is 12.8 Å². The van der Waals surface area contributed by atoms with Crippen LogP contribution in [0.3, 0.4) is 0 Å². The van der Waals surface area contributed by atoms with Gasteiger partial charge in [0.1, 0.15) is 11.2 Å². The van der Waals surface area contributed by atoms with E-state index in [4.69, 9.17) is 4.98 Å². The molecule has 0 spiro atoms. The highest BCUT2D eigenvalue weighted by molar-refractivity contribution is 5.94. The van der Waals surface area contributed by atoms with Crippen LogP contribution in [-0.2, 0) is 6.54 Å². The van der Waals surface area contributed by atoms with Crippen LogP contribution in [0, 0.1) is 12.8 Å². The molecule has 1 fully saturated rings. The van der Waals surface area contributed by atoms with Crippen LogP contribution in [0.25, 0.3) is 50.4 Å². The Kier molecular flexibility index (Phi) is 5.66. The summed E-state index contributed by atoms with van der Waals surface area (Å²) in [5.74, 6) is 1.46. The number of aromatic nitrogens is 9. The predicted molar refractivity (Wildman–Crippen MR) is 146 cm³/mol. The lowest BCUT2D eigenvalue weighted by Crippen LogP contribution is -2.20. The molecule has 0 amide bonds. The second kappa shape index (κ2) is 9.46. The number of aromatic amines is 2. The number of imidazole rings is 2. The number of rotatable bonds is 7. The first-order chi connectivity index (χ1) is 18.7. The van der Waals surface area contributed by atoms with Crippen LogP contribution in [0.15, 0.2) is 55.6 Å². The quantitative estimate of drug-likeness (QED) is 0.287. The molecule has 6 aromatic heterocycles. The zero-order valence-corrected chi connectivity index (χ0v) is 21.1. The Balaban J connectivity index is 1.20. The Morgan fingerprint density at radius 1 is 1.00 bits per heavy atom. The molecule has 1 saturated carbocycles. The molecule has 1 aliphatic carbocycles. The molecule has 6 aromatic rings. The number of hydrogen-bond donors (Lipinski definition) is 3. The lowest BCUT2D eigenvalue weighted by molar-refractivity contribution is 0.489. The number of pyridine rings is 3. The Bertz CT molecular complexity index is 1740. The highest BCUT2D eigenvalue weighted by atomic mass is 15.2. The molecule has 0 aliphatic heterocycles. The van der Waals surface area contributed by atoms with E-state index in [2.05, 4.69) is 52.6 Å². The molecule has 0 radical (unpaired) electrons. The van der Waals surface area contributed by atoms with Gasteiger partial charge in [0, 0.05) is 42.5 Å². The van der Waals surface area contributed by atoms with E-state index in [0.29, 0.717) is 17.2 Å². The lowest BCUT2D eigenvalue weighted by atomic mass is 10.1. The van der Waals surface area contributed by atoms with Gasteiger partial charge in [-0.15, -0.1) is 0 Å². The number of fused-ring (bicyclic) bond motifs is 2. The maximum absolute atomic E-state index is 4.90. The number of aryl methyl sites for hydroxylation is 1. The summed E-state index contributed by atoms with van der Waals surface area (Å²) in [6.45, 7) is 3.85. The predicted octanol–water partition coefficient (Wildman–Crippen LogP) is 4.73. The molecule has 38 heavy (non-hydrogen) atoms. The topological polar surface area (TPSA) is 126 Å². The van der Waals surface area contributed by atoms with Crippen LogP contribution in [0.1, 0.15) is 36.9 Å². The molecule has 10 heteroatoms. The molecule has 0 unspecified atom stereocenters. The summed E-state index contributed by atoms with van der Waals surface area (Å²) in [7, 11) is 0. The van der Waals surface area contributed by atoms with Crippen molar-refractivity contribution < 1.29 is 0 Å². The van der Waals surface area contributed by atoms with Crippen LogP contribution in [0.4, 0.5) is 0 Å². The second-order valence-electron chi connectivity index (χ2n) is 10.1. The van der Waals surface area contributed by atoms with E-state index in [1.54, 1.807) is 18.7 Å². The third-order valence-corrected chi connectivity index (χ3v) is 7.37. The van der Waals surface area contributed by atoms with E-state index in [1.165, 1.54) is 31.2 Å². The van der Waals surface area contributed by atoms with Crippen molar-refractivity contribution in [3.63, 3.8) is 0 Å². The molecule has 7 rings (SSSR count). The average Bonchev–Trinajstić information content (AvgIpc) is 3.74. The molecular formula is C28H28N10. The maximum Gasteiger partial charge on any atom is 0.159 e. The maximum atomic E-state index is 4.90. The molecule has 6 heterocycles. The minimum Gasteiger partial charge on any atom is -0.335 e. The van der Waals surface area contributed by atoms with Crippen LogP contribution < -0.4 is 5.32 Å². The molecule has 0 saturated heterocycles. The average molecular weight is 505 g/mol. The SMILES string of the molecule is Cc1cn(-c2cncc3[nH]c(-c4n[nH]c5ncc(-c6cncc(CNCC7CCCC7)c6)cc45)nc23)cn1. The molecule has 10 nitrogen and oxygen atoms in total. The van der Waals surface area contributed by atoms with Crippen molar-refractivity contribution in [1.29, 1.82) is 0 Å². The van der Waals surface area contributed by atoms with Gasteiger partial charge in [-0.25, -0.2) is 15.0 Å². The first kappa shape index (κ1) is 22.7. The van der Waals surface area contributed by atoms with Crippen molar-refractivity contribution in [3.8, 4) is 28.3 Å². The summed E-state index contributed by atoms with van der Waals surface area (Å²) in [5, 5.41) is 12.1. The van der Waals surface area contributed by atoms with Gasteiger partial charge in [0.2, 0.25) is 0 Å². The van der Waals surface area contributed by atoms with E-state index in [0.717, 1.165) is 57.9 Å². The molecular weight excluding hydrogens is 476 g/mol. The first-order valence-electron chi connectivity index (χ1n) is 13.1. The standard InChI is InChI=1S/C28H28N10/c1-17-15-38(16-33-17)24-14-31-13-23-26(24)35-28(34-23)25-22-7-21(12-32-27(22)37-36-25)20-6-19(10-30-11-20)9-29-8-18-4-2-3-5-18/h6-7,10-16,18,29H,2-5,8-9H2,1H3,(H,34,35)(H,32,36,37). The van der Waals surface area contributed by atoms with Crippen molar-refractivity contribution in [2.45, 2.75) is 39.2 Å². The molecule has 1 aliphatic rings. The van der Waals surface area contributed by atoms with E-state index in [1.807, 2.05) is 36.3 Å². The van der Waals surface area contributed by atoms with E-state index in [-0.39, 0.29) is 0 Å². The number of nitrogens with one attached hydrogen (secondary N) is 3. The van der Waals surface area contributed by atoms with Crippen LogP contribution in [0.5, 0.6) is 0 Å². The summed E-state index contributed by atoms with van der Waals surface area (Å²) in [5.41, 5.74) is 8.00. The van der Waals surface area contributed by atoms with Gasteiger partial charge in [0.25, 0.3) is 0 Å². The van der Waals surface area contributed by atoms with Crippen molar-refractivity contribution in [1.82, 2.24) is 50.0 Å². The summed E-state index contributed by atoms with van der Waals surface area (Å²) >= 11 is 0. The van der Waals surface area contributed by atoms with Crippen LogP contribution in [0.2, 0.25) is 0 Å². The van der Waals surface area contributed by atoms with Crippen molar-refractivity contribution in [3.05, 3.63) is 66.9 Å². The van der Waals surface area contributed by atoms with Gasteiger partial charge < -0.3 is 14.9 Å². The van der Waals surface area contributed by atoms with Crippen molar-refractivity contribution in [2.24, 2.45) is 5.92 Å². The van der Waals surface area contributed by atoms with E-state index < -0.39 is 0 Å². The Morgan fingerprint density at radius 3 is 2.74 bits per heavy atom. The minimum absolute atomic E-state index is 0.652. The van der Waals surface area contributed by atoms with Gasteiger partial charge >= 0.3 is 0 Å². The normalized spacial score (nSPS) is 14.2. The fourth-order valence-electron chi connectivity index (χ4n) is 5.39. The van der Waals surface area contributed by atoms with Gasteiger partial charge in [-0.3, -0.25) is 15.1 Å². The third-order valence-electron chi connectivity index (χ3n) is 7.37. The van der Waals surface area contributed by atoms with Gasteiger partial charge in [0.15, 0.2) is 11.5 Å². The fourth-order valence-corrected chi connectivity index (χ4v) is 5.39. The van der Waals surface area contributed by atoms with Crippen LogP contribution in [-0.4, -0.2) is 51.2 Å². The number of hydrogen-bond acceptors (Lipinski definition) is 7. The Hall–Kier alpha value is -4.44. The molecule has 0 bridgehead atoms. The highest BCUT2D eigenvalue weighted by Crippen LogP contribution is 2.30. The highest BCUT2D eigenvalue weighted by Gasteiger charge is 2.17. The molecule has 3 N–H and O–H groups in total. The zero-order chi connectivity index (χ0) is 25.5. The van der Waals surface area contributed by atoms with Gasteiger partial charge in [-0.05, 0) is 49.9 Å². The largest absolute Gasteiger partial charge is 0.335 e. The summed E-state index contributed by atoms with van der Waals surface area (Å²) in [6.07, 6.45) is 18.4. The van der Waals surface area contributed by atoms with Gasteiger partial charge in [0.05, 0.1) is 41.0 Å². The second-order valence-corrected chi connectivity index (χ2v) is 10.1. The van der Waals surface area contributed by atoms with Crippen molar-refractivity contribution in [2.75, 3.05) is 6.54 Å². The monoisotopic (exact) mass is 504 g/mol. The molecule has 0 atom stereocenters. The molecule has 0 aromatic carbocycles.